The number of hydrogen-bond acceptors (Lipinski definition) is 3. The van der Waals surface area contributed by atoms with E-state index in [0.29, 0.717) is 9.26 Å². The van der Waals surface area contributed by atoms with E-state index >= 15 is 0 Å². The Morgan fingerprint density at radius 3 is 2.55 bits per heavy atom. The molecule has 0 spiro atoms. The van der Waals surface area contributed by atoms with E-state index in [-0.39, 0.29) is 29.8 Å². The molecule has 2 amide bonds. The van der Waals surface area contributed by atoms with E-state index in [2.05, 4.69) is 10.6 Å². The number of carbonyl (C=O) groups excluding carboxylic acids is 2. The molecule has 1 saturated carbocycles. The highest BCUT2D eigenvalue weighted by Crippen LogP contribution is 2.28. The zero-order chi connectivity index (χ0) is 14.7. The predicted molar refractivity (Wildman–Crippen MR) is 80.5 cm³/mol. The first kappa shape index (κ1) is 14.8. The van der Waals surface area contributed by atoms with Crippen LogP contribution in [-0.2, 0) is 9.59 Å². The van der Waals surface area contributed by atoms with Gasteiger partial charge in [-0.3, -0.25) is 9.59 Å². The highest BCUT2D eigenvalue weighted by Gasteiger charge is 2.29. The van der Waals surface area contributed by atoms with Crippen LogP contribution in [0.1, 0.15) is 23.2 Å². The van der Waals surface area contributed by atoms with Gasteiger partial charge in [-0.15, -0.1) is 0 Å². The molecule has 0 bridgehead atoms. The Morgan fingerprint density at radius 2 is 1.95 bits per heavy atom. The summed E-state index contributed by atoms with van der Waals surface area (Å²) < 4.78 is 0.708. The number of aromatic carboxylic acids is 1. The fraction of sp³-hybridized carbons (Fsp3) is 0.308. The molecule has 0 atom stereocenters. The van der Waals surface area contributed by atoms with Crippen molar-refractivity contribution in [3.8, 4) is 0 Å². The van der Waals surface area contributed by atoms with Crippen molar-refractivity contribution in [1.82, 2.24) is 5.32 Å². The number of benzene rings is 1. The number of carbonyl (C=O) groups is 3. The Kier molecular flexibility index (Phi) is 4.58. The molecule has 1 fully saturated rings. The topological polar surface area (TPSA) is 95.5 Å². The molecule has 1 aliphatic rings. The Bertz CT molecular complexity index is 569. The largest absolute Gasteiger partial charge is 0.478 e. The van der Waals surface area contributed by atoms with Gasteiger partial charge in [0.2, 0.25) is 11.8 Å². The molecule has 6 nitrogen and oxygen atoms in total. The highest BCUT2D eigenvalue weighted by atomic mass is 127. The minimum atomic E-state index is -1.05. The number of nitrogens with one attached hydrogen (secondary N) is 2. The molecule has 1 aliphatic carbocycles. The monoisotopic (exact) mass is 388 g/mol. The SMILES string of the molecule is O=C(CNC(=O)C1CC1)Nc1cc(I)cc(C(=O)O)c1. The van der Waals surface area contributed by atoms with E-state index < -0.39 is 5.97 Å². The molecule has 0 aromatic heterocycles. The van der Waals surface area contributed by atoms with E-state index in [1.165, 1.54) is 12.1 Å². The number of halogens is 1. The molecule has 2 rings (SSSR count). The Morgan fingerprint density at radius 1 is 1.25 bits per heavy atom. The summed E-state index contributed by atoms with van der Waals surface area (Å²) in [5, 5.41) is 14.1. The van der Waals surface area contributed by atoms with Crippen molar-refractivity contribution in [3.63, 3.8) is 0 Å². The average Bonchev–Trinajstić information content (AvgIpc) is 3.19. The van der Waals surface area contributed by atoms with Gasteiger partial charge in [-0.25, -0.2) is 4.79 Å². The number of rotatable bonds is 5. The minimum absolute atomic E-state index is 0.0547. The molecule has 7 heteroatoms. The van der Waals surface area contributed by atoms with Gasteiger partial charge in [0.05, 0.1) is 12.1 Å². The molecule has 3 N–H and O–H groups in total. The summed E-state index contributed by atoms with van der Waals surface area (Å²) in [4.78, 5) is 34.0. The maximum atomic E-state index is 11.7. The van der Waals surface area contributed by atoms with Crippen LogP contribution in [0, 0.1) is 9.49 Å². The third-order valence-corrected chi connectivity index (χ3v) is 3.42. The molecule has 106 valence electrons. The predicted octanol–water partition coefficient (Wildman–Crippen LogP) is 1.45. The second-order valence-electron chi connectivity index (χ2n) is 4.57. The maximum absolute atomic E-state index is 11.7. The fourth-order valence-corrected chi connectivity index (χ4v) is 2.32. The van der Waals surface area contributed by atoms with Gasteiger partial charge >= 0.3 is 5.97 Å². The van der Waals surface area contributed by atoms with Gasteiger partial charge < -0.3 is 15.7 Å². The molecule has 20 heavy (non-hydrogen) atoms. The lowest BCUT2D eigenvalue weighted by Gasteiger charge is -2.08. The van der Waals surface area contributed by atoms with Gasteiger partial charge in [0.25, 0.3) is 0 Å². The summed E-state index contributed by atoms with van der Waals surface area (Å²) in [6.07, 6.45) is 1.76. The van der Waals surface area contributed by atoms with Crippen molar-refractivity contribution in [1.29, 1.82) is 0 Å². The van der Waals surface area contributed by atoms with Gasteiger partial charge in [0.15, 0.2) is 0 Å². The van der Waals surface area contributed by atoms with Crippen LogP contribution in [0.25, 0.3) is 0 Å². The standard InChI is InChI=1S/C13H13IN2O4/c14-9-3-8(13(19)20)4-10(5-9)16-11(17)6-15-12(18)7-1-2-7/h3-5,7H,1-2,6H2,(H,15,18)(H,16,17)(H,19,20). The van der Waals surface area contributed by atoms with Crippen molar-refractivity contribution in [3.05, 3.63) is 27.3 Å². The van der Waals surface area contributed by atoms with E-state index in [9.17, 15) is 14.4 Å². The summed E-state index contributed by atoms with van der Waals surface area (Å²) in [5.74, 6) is -1.48. The first-order valence-electron chi connectivity index (χ1n) is 6.07. The lowest BCUT2D eigenvalue weighted by Crippen LogP contribution is -2.33. The second kappa shape index (κ2) is 6.21. The number of anilines is 1. The minimum Gasteiger partial charge on any atom is -0.478 e. The molecular weight excluding hydrogens is 375 g/mol. The normalized spacial score (nSPS) is 13.7. The lowest BCUT2D eigenvalue weighted by molar-refractivity contribution is -0.125. The van der Waals surface area contributed by atoms with E-state index in [1.807, 2.05) is 22.6 Å². The molecule has 0 aliphatic heterocycles. The smallest absolute Gasteiger partial charge is 0.335 e. The van der Waals surface area contributed by atoms with Crippen LogP contribution >= 0.6 is 22.6 Å². The zero-order valence-corrected chi connectivity index (χ0v) is 12.6. The number of carboxylic acids is 1. The van der Waals surface area contributed by atoms with Crippen molar-refractivity contribution >= 4 is 46.1 Å². The van der Waals surface area contributed by atoms with Crippen LogP contribution in [-0.4, -0.2) is 29.4 Å². The average molecular weight is 388 g/mol. The van der Waals surface area contributed by atoms with Crippen molar-refractivity contribution < 1.29 is 19.5 Å². The number of carboxylic acid groups (broad SMARTS) is 1. The van der Waals surface area contributed by atoms with Crippen LogP contribution < -0.4 is 10.6 Å². The van der Waals surface area contributed by atoms with Crippen molar-refractivity contribution in [2.24, 2.45) is 5.92 Å². The summed E-state index contributed by atoms with van der Waals surface area (Å²) in [6.45, 7) is -0.108. The van der Waals surface area contributed by atoms with Crippen LogP contribution in [0.3, 0.4) is 0 Å². The second-order valence-corrected chi connectivity index (χ2v) is 5.82. The molecule has 0 saturated heterocycles. The lowest BCUT2D eigenvalue weighted by atomic mass is 10.2. The van der Waals surface area contributed by atoms with Gasteiger partial charge in [0, 0.05) is 15.2 Å². The molecular formula is C13H13IN2O4. The molecule has 0 heterocycles. The van der Waals surface area contributed by atoms with Gasteiger partial charge in [-0.2, -0.15) is 0 Å². The van der Waals surface area contributed by atoms with Crippen LogP contribution in [0.2, 0.25) is 0 Å². The first-order valence-corrected chi connectivity index (χ1v) is 7.15. The quantitative estimate of drug-likeness (QED) is 0.666. The van der Waals surface area contributed by atoms with E-state index in [4.69, 9.17) is 5.11 Å². The van der Waals surface area contributed by atoms with Crippen molar-refractivity contribution in [2.75, 3.05) is 11.9 Å². The van der Waals surface area contributed by atoms with Gasteiger partial charge in [-0.1, -0.05) is 0 Å². The Balaban J connectivity index is 1.93. The molecule has 1 aromatic rings. The van der Waals surface area contributed by atoms with E-state index in [0.717, 1.165) is 12.8 Å². The van der Waals surface area contributed by atoms with Gasteiger partial charge in [-0.05, 0) is 53.6 Å². The fourth-order valence-electron chi connectivity index (χ4n) is 1.65. The van der Waals surface area contributed by atoms with E-state index in [1.54, 1.807) is 6.07 Å². The molecule has 0 unspecified atom stereocenters. The summed E-state index contributed by atoms with van der Waals surface area (Å²) >= 11 is 1.98. The van der Waals surface area contributed by atoms with Crippen LogP contribution in [0.4, 0.5) is 5.69 Å². The summed E-state index contributed by atoms with van der Waals surface area (Å²) in [5.41, 5.74) is 0.509. The third kappa shape index (κ3) is 4.19. The summed E-state index contributed by atoms with van der Waals surface area (Å²) in [6, 6.07) is 4.55. The number of hydrogen-bond donors (Lipinski definition) is 3. The van der Waals surface area contributed by atoms with Gasteiger partial charge in [0.1, 0.15) is 0 Å². The van der Waals surface area contributed by atoms with Crippen LogP contribution in [0.5, 0.6) is 0 Å². The maximum Gasteiger partial charge on any atom is 0.335 e. The Hall–Kier alpha value is -1.64. The number of amides is 2. The first-order chi connectivity index (χ1) is 9.45. The summed E-state index contributed by atoms with van der Waals surface area (Å²) in [7, 11) is 0. The Labute approximate surface area is 129 Å². The third-order valence-electron chi connectivity index (χ3n) is 2.80. The van der Waals surface area contributed by atoms with Crippen LogP contribution in [0.15, 0.2) is 18.2 Å². The van der Waals surface area contributed by atoms with Crippen molar-refractivity contribution in [2.45, 2.75) is 12.8 Å². The molecule has 0 radical (unpaired) electrons. The zero-order valence-electron chi connectivity index (χ0n) is 10.5. The molecule has 1 aromatic carbocycles. The highest BCUT2D eigenvalue weighted by molar-refractivity contribution is 14.1.